The van der Waals surface area contributed by atoms with Crippen molar-refractivity contribution >= 4 is 0 Å². The number of aromatic nitrogens is 2. The van der Waals surface area contributed by atoms with Gasteiger partial charge in [-0.05, 0) is 37.6 Å². The third-order valence-corrected chi connectivity index (χ3v) is 2.19. The van der Waals surface area contributed by atoms with Gasteiger partial charge in [-0.15, -0.1) is 0 Å². The largest absolute Gasteiger partial charge is 0.497 e. The van der Waals surface area contributed by atoms with Crippen LogP contribution >= 0.6 is 0 Å². The van der Waals surface area contributed by atoms with Crippen molar-refractivity contribution in [3.8, 4) is 17.2 Å². The van der Waals surface area contributed by atoms with Crippen molar-refractivity contribution in [2.45, 2.75) is 13.8 Å². The molecule has 1 heterocycles. The Balaban J connectivity index is 2.45. The van der Waals surface area contributed by atoms with Gasteiger partial charge < -0.3 is 9.26 Å². The highest BCUT2D eigenvalue weighted by Crippen LogP contribution is 2.25. The lowest BCUT2D eigenvalue weighted by molar-refractivity contribution is 0.413. The summed E-state index contributed by atoms with van der Waals surface area (Å²) in [5, 5.41) is 3.76. The zero-order chi connectivity index (χ0) is 10.8. The molecule has 78 valence electrons. The Kier molecular flexibility index (Phi) is 2.41. The van der Waals surface area contributed by atoms with E-state index in [1.165, 1.54) is 0 Å². The monoisotopic (exact) mass is 204 g/mol. The van der Waals surface area contributed by atoms with Gasteiger partial charge in [-0.1, -0.05) is 5.16 Å². The van der Waals surface area contributed by atoms with Crippen molar-refractivity contribution in [2.24, 2.45) is 0 Å². The molecule has 2 aromatic rings. The molecule has 2 rings (SSSR count). The molecule has 0 aliphatic carbocycles. The third kappa shape index (κ3) is 1.83. The van der Waals surface area contributed by atoms with Gasteiger partial charge in [0.1, 0.15) is 5.75 Å². The predicted octanol–water partition coefficient (Wildman–Crippen LogP) is 2.36. The van der Waals surface area contributed by atoms with Crippen LogP contribution in [0, 0.1) is 13.8 Å². The Bertz CT molecular complexity index is 477. The summed E-state index contributed by atoms with van der Waals surface area (Å²) in [5.41, 5.74) is 1.99. The van der Waals surface area contributed by atoms with Crippen LogP contribution in [0.25, 0.3) is 11.5 Å². The highest BCUT2D eigenvalue weighted by molar-refractivity contribution is 5.59. The average molecular weight is 204 g/mol. The van der Waals surface area contributed by atoms with Crippen molar-refractivity contribution in [1.82, 2.24) is 10.1 Å². The average Bonchev–Trinajstić information content (AvgIpc) is 2.64. The first-order valence-corrected chi connectivity index (χ1v) is 4.66. The summed E-state index contributed by atoms with van der Waals surface area (Å²) in [4.78, 5) is 4.18. The van der Waals surface area contributed by atoms with Gasteiger partial charge in [0.05, 0.1) is 7.11 Å². The van der Waals surface area contributed by atoms with E-state index in [1.54, 1.807) is 14.0 Å². The molecule has 0 saturated carbocycles. The van der Waals surface area contributed by atoms with E-state index in [0.29, 0.717) is 11.7 Å². The molecule has 0 fully saturated rings. The molecule has 15 heavy (non-hydrogen) atoms. The fourth-order valence-corrected chi connectivity index (χ4v) is 1.41. The number of methoxy groups -OCH3 is 1. The van der Waals surface area contributed by atoms with Crippen molar-refractivity contribution in [3.05, 3.63) is 29.6 Å². The van der Waals surface area contributed by atoms with Gasteiger partial charge in [-0.25, -0.2) is 0 Å². The van der Waals surface area contributed by atoms with Crippen molar-refractivity contribution < 1.29 is 9.26 Å². The van der Waals surface area contributed by atoms with Crippen molar-refractivity contribution in [2.75, 3.05) is 7.11 Å². The summed E-state index contributed by atoms with van der Waals surface area (Å²) in [6.45, 7) is 3.78. The van der Waals surface area contributed by atoms with E-state index in [4.69, 9.17) is 9.26 Å². The highest BCUT2D eigenvalue weighted by atomic mass is 16.5. The summed E-state index contributed by atoms with van der Waals surface area (Å²) in [6.07, 6.45) is 0. The first-order chi connectivity index (χ1) is 7.20. The second-order valence-electron chi connectivity index (χ2n) is 3.33. The number of hydrogen-bond donors (Lipinski definition) is 0. The molecular formula is C11H12N2O2. The van der Waals surface area contributed by atoms with Gasteiger partial charge in [0.2, 0.25) is 0 Å². The Hall–Kier alpha value is -1.84. The van der Waals surface area contributed by atoms with Crippen LogP contribution in [0.3, 0.4) is 0 Å². The highest BCUT2D eigenvalue weighted by Gasteiger charge is 2.09. The lowest BCUT2D eigenvalue weighted by Gasteiger charge is -2.03. The number of nitrogens with zero attached hydrogens (tertiary/aromatic N) is 2. The molecule has 0 atom stereocenters. The summed E-state index contributed by atoms with van der Waals surface area (Å²) in [7, 11) is 1.64. The SMILES string of the molecule is COc1ccc(-c2nc(C)no2)c(C)c1. The zero-order valence-electron chi connectivity index (χ0n) is 8.94. The van der Waals surface area contributed by atoms with E-state index in [-0.39, 0.29) is 0 Å². The van der Waals surface area contributed by atoms with Crippen LogP contribution in [0.5, 0.6) is 5.75 Å². The van der Waals surface area contributed by atoms with Crippen LogP contribution in [0.1, 0.15) is 11.4 Å². The second kappa shape index (κ2) is 3.73. The Labute approximate surface area is 87.9 Å². The minimum absolute atomic E-state index is 0.549. The van der Waals surface area contributed by atoms with E-state index in [2.05, 4.69) is 10.1 Å². The van der Waals surface area contributed by atoms with E-state index in [0.717, 1.165) is 16.9 Å². The molecule has 0 unspecified atom stereocenters. The van der Waals surface area contributed by atoms with Gasteiger partial charge >= 0.3 is 0 Å². The van der Waals surface area contributed by atoms with Gasteiger partial charge in [0, 0.05) is 5.56 Å². The molecule has 4 nitrogen and oxygen atoms in total. The lowest BCUT2D eigenvalue weighted by Crippen LogP contribution is -1.87. The molecule has 0 bridgehead atoms. The molecule has 0 N–H and O–H groups in total. The fraction of sp³-hybridized carbons (Fsp3) is 0.273. The Morgan fingerprint density at radius 3 is 2.60 bits per heavy atom. The van der Waals surface area contributed by atoms with Crippen LogP contribution in [-0.2, 0) is 0 Å². The minimum atomic E-state index is 0.549. The van der Waals surface area contributed by atoms with Crippen LogP contribution in [0.2, 0.25) is 0 Å². The minimum Gasteiger partial charge on any atom is -0.497 e. The third-order valence-electron chi connectivity index (χ3n) is 2.19. The number of rotatable bonds is 2. The maximum Gasteiger partial charge on any atom is 0.258 e. The van der Waals surface area contributed by atoms with E-state index in [9.17, 15) is 0 Å². The van der Waals surface area contributed by atoms with E-state index in [1.807, 2.05) is 25.1 Å². The van der Waals surface area contributed by atoms with Gasteiger partial charge in [0.15, 0.2) is 5.82 Å². The smallest absolute Gasteiger partial charge is 0.258 e. The molecule has 1 aromatic carbocycles. The molecule has 0 saturated heterocycles. The molecule has 1 aromatic heterocycles. The summed E-state index contributed by atoms with van der Waals surface area (Å²) in [5.74, 6) is 2.01. The molecule has 0 amide bonds. The number of benzene rings is 1. The number of ether oxygens (including phenoxy) is 1. The summed E-state index contributed by atoms with van der Waals surface area (Å²) >= 11 is 0. The maximum absolute atomic E-state index is 5.12. The van der Waals surface area contributed by atoms with Gasteiger partial charge in [-0.3, -0.25) is 0 Å². The van der Waals surface area contributed by atoms with Gasteiger partial charge in [-0.2, -0.15) is 4.98 Å². The molecule has 0 aliphatic rings. The summed E-state index contributed by atoms with van der Waals surface area (Å²) in [6, 6.07) is 5.73. The zero-order valence-corrected chi connectivity index (χ0v) is 8.94. The van der Waals surface area contributed by atoms with Gasteiger partial charge in [0.25, 0.3) is 5.89 Å². The summed E-state index contributed by atoms with van der Waals surface area (Å²) < 4.78 is 10.2. The van der Waals surface area contributed by atoms with Crippen molar-refractivity contribution in [1.29, 1.82) is 0 Å². The second-order valence-corrected chi connectivity index (χ2v) is 3.33. The molecule has 4 heteroatoms. The predicted molar refractivity (Wildman–Crippen MR) is 55.8 cm³/mol. The van der Waals surface area contributed by atoms with Crippen LogP contribution in [0.15, 0.2) is 22.7 Å². The van der Waals surface area contributed by atoms with E-state index >= 15 is 0 Å². The fourth-order valence-electron chi connectivity index (χ4n) is 1.41. The number of aryl methyl sites for hydroxylation is 2. The van der Waals surface area contributed by atoms with Crippen LogP contribution in [0.4, 0.5) is 0 Å². The molecule has 0 spiro atoms. The first-order valence-electron chi connectivity index (χ1n) is 4.66. The Morgan fingerprint density at radius 2 is 2.07 bits per heavy atom. The van der Waals surface area contributed by atoms with Crippen LogP contribution in [-0.4, -0.2) is 17.3 Å². The molecule has 0 radical (unpaired) electrons. The topological polar surface area (TPSA) is 48.2 Å². The number of hydrogen-bond acceptors (Lipinski definition) is 4. The standard InChI is InChI=1S/C11H12N2O2/c1-7-6-9(14-3)4-5-10(7)11-12-8(2)13-15-11/h4-6H,1-3H3. The Morgan fingerprint density at radius 1 is 1.27 bits per heavy atom. The van der Waals surface area contributed by atoms with Crippen LogP contribution < -0.4 is 4.74 Å². The van der Waals surface area contributed by atoms with Crippen molar-refractivity contribution in [3.63, 3.8) is 0 Å². The first kappa shape index (κ1) is 9.71. The lowest BCUT2D eigenvalue weighted by atomic mass is 10.1. The molecule has 0 aliphatic heterocycles. The van der Waals surface area contributed by atoms with E-state index < -0.39 is 0 Å². The normalized spacial score (nSPS) is 10.3. The maximum atomic E-state index is 5.12. The quantitative estimate of drug-likeness (QED) is 0.753. The molecular weight excluding hydrogens is 192 g/mol.